The second-order valence-electron chi connectivity index (χ2n) is 6.36. The van der Waals surface area contributed by atoms with Crippen LogP contribution in [0.1, 0.15) is 35.3 Å². The van der Waals surface area contributed by atoms with E-state index in [4.69, 9.17) is 0 Å². The number of benzene rings is 2. The van der Waals surface area contributed by atoms with Crippen LogP contribution in [-0.4, -0.2) is 31.6 Å². The second-order valence-corrected chi connectivity index (χ2v) is 8.04. The third-order valence-corrected chi connectivity index (χ3v) is 5.88. The number of hydrogen-bond acceptors (Lipinski definition) is 4. The van der Waals surface area contributed by atoms with E-state index < -0.39 is 10.0 Å². The number of amides is 1. The van der Waals surface area contributed by atoms with Crippen LogP contribution >= 0.6 is 0 Å². The summed E-state index contributed by atoms with van der Waals surface area (Å²) >= 11 is 0. The van der Waals surface area contributed by atoms with Crippen LogP contribution in [0, 0.1) is 0 Å². The molecular weight excluding hydrogens is 352 g/mol. The van der Waals surface area contributed by atoms with Crippen molar-refractivity contribution in [3.05, 3.63) is 59.2 Å². The van der Waals surface area contributed by atoms with Crippen LogP contribution in [0.15, 0.2) is 47.4 Å². The molecule has 1 aliphatic rings. The standard InChI is InChI=1S/C19H20N2O4S/c1-13(22)15-4-7-19(8-5-15)26(24,25)20-18-6-3-16-9-10-21(14(2)23)12-17(16)11-18/h3-8,11,20H,9-10,12H2,1-2H3. The Bertz CT molecular complexity index is 966. The van der Waals surface area contributed by atoms with Crippen LogP contribution in [0.3, 0.4) is 0 Å². The Morgan fingerprint density at radius 2 is 1.69 bits per heavy atom. The lowest BCUT2D eigenvalue weighted by molar-refractivity contribution is -0.129. The van der Waals surface area contributed by atoms with E-state index in [0.717, 1.165) is 17.5 Å². The molecule has 0 radical (unpaired) electrons. The van der Waals surface area contributed by atoms with Crippen molar-refractivity contribution >= 4 is 27.4 Å². The van der Waals surface area contributed by atoms with Gasteiger partial charge in [0.25, 0.3) is 10.0 Å². The number of anilines is 1. The third kappa shape index (κ3) is 3.77. The predicted octanol–water partition coefficient (Wildman–Crippen LogP) is 2.59. The molecule has 136 valence electrons. The summed E-state index contributed by atoms with van der Waals surface area (Å²) in [5.41, 5.74) is 2.97. The zero-order chi connectivity index (χ0) is 18.9. The molecule has 6 nitrogen and oxygen atoms in total. The number of sulfonamides is 1. The first-order chi connectivity index (χ1) is 12.3. The highest BCUT2D eigenvalue weighted by Crippen LogP contribution is 2.24. The highest BCUT2D eigenvalue weighted by Gasteiger charge is 2.20. The normalized spacial score (nSPS) is 13.8. The number of ketones is 1. The van der Waals surface area contributed by atoms with Gasteiger partial charge >= 0.3 is 0 Å². The van der Waals surface area contributed by atoms with Gasteiger partial charge in [-0.2, -0.15) is 0 Å². The molecule has 0 aliphatic carbocycles. The van der Waals surface area contributed by atoms with Gasteiger partial charge in [-0.05, 0) is 48.7 Å². The number of fused-ring (bicyclic) bond motifs is 1. The van der Waals surface area contributed by atoms with Crippen molar-refractivity contribution in [2.45, 2.75) is 31.7 Å². The molecule has 0 unspecified atom stereocenters. The molecule has 7 heteroatoms. The van der Waals surface area contributed by atoms with Gasteiger partial charge in [0, 0.05) is 31.3 Å². The molecule has 0 atom stereocenters. The van der Waals surface area contributed by atoms with Crippen LogP contribution in [0.25, 0.3) is 0 Å². The van der Waals surface area contributed by atoms with Gasteiger partial charge in [0.15, 0.2) is 5.78 Å². The first-order valence-corrected chi connectivity index (χ1v) is 9.76. The Balaban J connectivity index is 1.83. The van der Waals surface area contributed by atoms with Gasteiger partial charge in [-0.25, -0.2) is 8.42 Å². The Labute approximate surface area is 152 Å². The van der Waals surface area contributed by atoms with Crippen LogP contribution in [-0.2, 0) is 27.8 Å². The van der Waals surface area contributed by atoms with Crippen molar-refractivity contribution < 1.29 is 18.0 Å². The van der Waals surface area contributed by atoms with Gasteiger partial charge in [0.2, 0.25) is 5.91 Å². The van der Waals surface area contributed by atoms with Gasteiger partial charge in [-0.15, -0.1) is 0 Å². The molecule has 26 heavy (non-hydrogen) atoms. The van der Waals surface area contributed by atoms with Crippen molar-refractivity contribution in [3.8, 4) is 0 Å². The number of rotatable bonds is 4. The number of carbonyl (C=O) groups excluding carboxylic acids is 2. The number of carbonyl (C=O) groups is 2. The van der Waals surface area contributed by atoms with E-state index in [0.29, 0.717) is 24.3 Å². The Morgan fingerprint density at radius 1 is 1.00 bits per heavy atom. The summed E-state index contributed by atoms with van der Waals surface area (Å²) in [6.45, 7) is 4.12. The van der Waals surface area contributed by atoms with Crippen molar-refractivity contribution in [1.82, 2.24) is 4.90 Å². The minimum absolute atomic E-state index is 0.00666. The fourth-order valence-corrected chi connectivity index (χ4v) is 4.02. The Kier molecular flexibility index (Phi) is 4.82. The lowest BCUT2D eigenvalue weighted by Gasteiger charge is -2.28. The van der Waals surface area contributed by atoms with Crippen molar-refractivity contribution in [3.63, 3.8) is 0 Å². The molecule has 0 spiro atoms. The second kappa shape index (κ2) is 6.92. The third-order valence-electron chi connectivity index (χ3n) is 4.49. The van der Waals surface area contributed by atoms with Crippen molar-refractivity contribution in [2.75, 3.05) is 11.3 Å². The SMILES string of the molecule is CC(=O)c1ccc(S(=O)(=O)Nc2ccc3c(c2)CN(C(C)=O)CC3)cc1. The zero-order valence-electron chi connectivity index (χ0n) is 14.7. The molecule has 1 N–H and O–H groups in total. The molecule has 0 fully saturated rings. The lowest BCUT2D eigenvalue weighted by Crippen LogP contribution is -2.34. The van der Waals surface area contributed by atoms with Crippen molar-refractivity contribution in [1.29, 1.82) is 0 Å². The predicted molar refractivity (Wildman–Crippen MR) is 98.5 cm³/mol. The van der Waals surface area contributed by atoms with Gasteiger partial charge in [-0.1, -0.05) is 18.2 Å². The fraction of sp³-hybridized carbons (Fsp3) is 0.263. The van der Waals surface area contributed by atoms with E-state index in [9.17, 15) is 18.0 Å². The molecule has 0 saturated carbocycles. The number of hydrogen-bond donors (Lipinski definition) is 1. The molecule has 1 aliphatic heterocycles. The molecule has 2 aromatic rings. The minimum Gasteiger partial charge on any atom is -0.338 e. The Morgan fingerprint density at radius 3 is 2.31 bits per heavy atom. The molecule has 0 saturated heterocycles. The van der Waals surface area contributed by atoms with E-state index in [1.165, 1.54) is 38.1 Å². The minimum atomic E-state index is -3.75. The first-order valence-electron chi connectivity index (χ1n) is 8.27. The summed E-state index contributed by atoms with van der Waals surface area (Å²) in [5.74, 6) is -0.112. The maximum atomic E-state index is 12.6. The fourth-order valence-electron chi connectivity index (χ4n) is 2.97. The summed E-state index contributed by atoms with van der Waals surface area (Å²) in [6, 6.07) is 11.2. The molecule has 2 aromatic carbocycles. The van der Waals surface area contributed by atoms with Crippen LogP contribution in [0.5, 0.6) is 0 Å². The first kappa shape index (κ1) is 18.1. The highest BCUT2D eigenvalue weighted by molar-refractivity contribution is 7.92. The average Bonchev–Trinajstić information content (AvgIpc) is 2.60. The number of nitrogens with zero attached hydrogens (tertiary/aromatic N) is 1. The summed E-state index contributed by atoms with van der Waals surface area (Å²) < 4.78 is 27.7. The highest BCUT2D eigenvalue weighted by atomic mass is 32.2. The van der Waals surface area contributed by atoms with Crippen molar-refractivity contribution in [2.24, 2.45) is 0 Å². The smallest absolute Gasteiger partial charge is 0.261 e. The van der Waals surface area contributed by atoms with Crippen LogP contribution < -0.4 is 4.72 Å². The molecule has 0 bridgehead atoms. The van der Waals surface area contributed by atoms with E-state index in [1.807, 2.05) is 6.07 Å². The van der Waals surface area contributed by atoms with Crippen LogP contribution in [0.4, 0.5) is 5.69 Å². The molecule has 0 aromatic heterocycles. The van der Waals surface area contributed by atoms with Crippen LogP contribution in [0.2, 0.25) is 0 Å². The lowest BCUT2D eigenvalue weighted by atomic mass is 9.99. The maximum Gasteiger partial charge on any atom is 0.261 e. The number of Topliss-reactive ketones (excluding diaryl/α,β-unsaturated/α-hetero) is 1. The van der Waals surface area contributed by atoms with Gasteiger partial charge in [0.1, 0.15) is 0 Å². The quantitative estimate of drug-likeness (QED) is 0.836. The number of nitrogens with one attached hydrogen (secondary N) is 1. The average molecular weight is 372 g/mol. The zero-order valence-corrected chi connectivity index (χ0v) is 15.5. The summed E-state index contributed by atoms with van der Waals surface area (Å²) in [5, 5.41) is 0. The summed E-state index contributed by atoms with van der Waals surface area (Å²) in [7, 11) is -3.75. The van der Waals surface area contributed by atoms with Gasteiger partial charge < -0.3 is 4.90 Å². The monoisotopic (exact) mass is 372 g/mol. The molecular formula is C19H20N2O4S. The van der Waals surface area contributed by atoms with E-state index in [1.54, 1.807) is 17.0 Å². The topological polar surface area (TPSA) is 83.6 Å². The van der Waals surface area contributed by atoms with Gasteiger partial charge in [0.05, 0.1) is 4.90 Å². The molecule has 1 amide bonds. The summed E-state index contributed by atoms with van der Waals surface area (Å²) in [4.78, 5) is 24.7. The summed E-state index contributed by atoms with van der Waals surface area (Å²) in [6.07, 6.45) is 0.758. The van der Waals surface area contributed by atoms with E-state index in [2.05, 4.69) is 4.72 Å². The molecule has 1 heterocycles. The van der Waals surface area contributed by atoms with Gasteiger partial charge in [-0.3, -0.25) is 14.3 Å². The largest absolute Gasteiger partial charge is 0.338 e. The van der Waals surface area contributed by atoms with E-state index in [-0.39, 0.29) is 16.6 Å². The maximum absolute atomic E-state index is 12.6. The molecule has 3 rings (SSSR count). The van der Waals surface area contributed by atoms with E-state index >= 15 is 0 Å². The Hall–Kier alpha value is -2.67.